The molecular formula is C10H8F5N. The molecule has 88 valence electrons. The summed E-state index contributed by atoms with van der Waals surface area (Å²) in [6.07, 6.45) is 3.04. The first-order valence-corrected chi connectivity index (χ1v) is 4.37. The van der Waals surface area contributed by atoms with Gasteiger partial charge >= 0.3 is 0 Å². The van der Waals surface area contributed by atoms with Crippen molar-refractivity contribution in [2.75, 3.05) is 11.9 Å². The Morgan fingerprint density at radius 3 is 1.75 bits per heavy atom. The van der Waals surface area contributed by atoms with Crippen LogP contribution in [0.4, 0.5) is 27.6 Å². The lowest BCUT2D eigenvalue weighted by Gasteiger charge is -2.08. The monoisotopic (exact) mass is 237 g/mol. The summed E-state index contributed by atoms with van der Waals surface area (Å²) in [7, 11) is 0. The van der Waals surface area contributed by atoms with Crippen molar-refractivity contribution in [2.45, 2.75) is 6.92 Å². The molecule has 0 aromatic heterocycles. The van der Waals surface area contributed by atoms with Gasteiger partial charge in [-0.2, -0.15) is 0 Å². The van der Waals surface area contributed by atoms with E-state index in [1.165, 1.54) is 6.08 Å². The molecule has 0 saturated carbocycles. The van der Waals surface area contributed by atoms with Gasteiger partial charge < -0.3 is 5.32 Å². The number of hydrogen-bond acceptors (Lipinski definition) is 1. The summed E-state index contributed by atoms with van der Waals surface area (Å²) >= 11 is 0. The third kappa shape index (κ3) is 2.15. The predicted octanol–water partition coefficient (Wildman–Crippen LogP) is 3.37. The zero-order valence-electron chi connectivity index (χ0n) is 8.25. The third-order valence-electron chi connectivity index (χ3n) is 1.84. The molecule has 1 rings (SSSR count). The largest absolute Gasteiger partial charge is 0.377 e. The molecule has 0 unspecified atom stereocenters. The molecule has 16 heavy (non-hydrogen) atoms. The van der Waals surface area contributed by atoms with E-state index in [0.29, 0.717) is 0 Å². The van der Waals surface area contributed by atoms with Crippen LogP contribution in [0.2, 0.25) is 0 Å². The van der Waals surface area contributed by atoms with E-state index in [1.54, 1.807) is 13.0 Å². The van der Waals surface area contributed by atoms with Crippen LogP contribution >= 0.6 is 0 Å². The third-order valence-corrected chi connectivity index (χ3v) is 1.84. The highest BCUT2D eigenvalue weighted by Crippen LogP contribution is 2.26. The van der Waals surface area contributed by atoms with Crippen molar-refractivity contribution >= 4 is 5.69 Å². The van der Waals surface area contributed by atoms with Gasteiger partial charge in [0.2, 0.25) is 5.82 Å². The Labute approximate surface area is 88.6 Å². The summed E-state index contributed by atoms with van der Waals surface area (Å²) in [5.74, 6) is -9.79. The smallest absolute Gasteiger partial charge is 0.200 e. The zero-order chi connectivity index (χ0) is 12.3. The molecule has 1 nitrogen and oxygen atoms in total. The Kier molecular flexibility index (Phi) is 3.87. The van der Waals surface area contributed by atoms with Gasteiger partial charge in [0.1, 0.15) is 5.69 Å². The van der Waals surface area contributed by atoms with Gasteiger partial charge in [0, 0.05) is 6.54 Å². The van der Waals surface area contributed by atoms with Crippen LogP contribution in [0.5, 0.6) is 0 Å². The minimum atomic E-state index is -2.16. The van der Waals surface area contributed by atoms with E-state index in [1.807, 2.05) is 0 Å². The molecule has 1 aromatic rings. The lowest BCUT2D eigenvalue weighted by Crippen LogP contribution is -2.09. The van der Waals surface area contributed by atoms with E-state index in [-0.39, 0.29) is 6.54 Å². The minimum absolute atomic E-state index is 0.0329. The summed E-state index contributed by atoms with van der Waals surface area (Å²) in [5, 5.41) is 2.11. The van der Waals surface area contributed by atoms with Gasteiger partial charge in [-0.05, 0) is 6.92 Å². The second-order valence-corrected chi connectivity index (χ2v) is 2.89. The number of allylic oxidation sites excluding steroid dienone is 1. The molecule has 1 aromatic carbocycles. The van der Waals surface area contributed by atoms with E-state index >= 15 is 0 Å². The van der Waals surface area contributed by atoms with Crippen molar-refractivity contribution < 1.29 is 22.0 Å². The second-order valence-electron chi connectivity index (χ2n) is 2.89. The molecule has 0 aliphatic heterocycles. The van der Waals surface area contributed by atoms with Crippen molar-refractivity contribution in [3.05, 3.63) is 41.2 Å². The maximum atomic E-state index is 13.0. The molecule has 0 heterocycles. The number of anilines is 1. The van der Waals surface area contributed by atoms with Crippen molar-refractivity contribution in [3.8, 4) is 0 Å². The van der Waals surface area contributed by atoms with Crippen LogP contribution in [-0.2, 0) is 0 Å². The van der Waals surface area contributed by atoms with Gasteiger partial charge in [0.15, 0.2) is 23.3 Å². The summed E-state index contributed by atoms with van der Waals surface area (Å²) in [4.78, 5) is 0. The van der Waals surface area contributed by atoms with E-state index in [2.05, 4.69) is 5.32 Å². The maximum Gasteiger partial charge on any atom is 0.200 e. The van der Waals surface area contributed by atoms with Crippen LogP contribution in [0.3, 0.4) is 0 Å². The van der Waals surface area contributed by atoms with Gasteiger partial charge in [-0.3, -0.25) is 0 Å². The first kappa shape index (κ1) is 12.5. The second kappa shape index (κ2) is 4.96. The van der Waals surface area contributed by atoms with E-state index in [0.717, 1.165) is 0 Å². The van der Waals surface area contributed by atoms with Crippen molar-refractivity contribution in [3.63, 3.8) is 0 Å². The highest BCUT2D eigenvalue weighted by Gasteiger charge is 2.25. The van der Waals surface area contributed by atoms with Crippen molar-refractivity contribution in [1.82, 2.24) is 0 Å². The molecule has 0 atom stereocenters. The average molecular weight is 237 g/mol. The van der Waals surface area contributed by atoms with Gasteiger partial charge in [-0.25, -0.2) is 22.0 Å². The lowest BCUT2D eigenvalue weighted by atomic mass is 10.2. The molecule has 0 aliphatic rings. The van der Waals surface area contributed by atoms with Crippen LogP contribution in [-0.4, -0.2) is 6.54 Å². The quantitative estimate of drug-likeness (QED) is 0.368. The van der Waals surface area contributed by atoms with Gasteiger partial charge in [-0.15, -0.1) is 0 Å². The molecule has 6 heteroatoms. The maximum absolute atomic E-state index is 13.0. The molecule has 0 aliphatic carbocycles. The highest BCUT2D eigenvalue weighted by atomic mass is 19.2. The molecule has 0 amide bonds. The fraction of sp³-hybridized carbons (Fsp3) is 0.200. The highest BCUT2D eigenvalue weighted by molar-refractivity contribution is 5.48. The molecule has 0 spiro atoms. The van der Waals surface area contributed by atoms with E-state index in [9.17, 15) is 22.0 Å². The molecule has 1 N–H and O–H groups in total. The van der Waals surface area contributed by atoms with Crippen LogP contribution in [0.15, 0.2) is 12.2 Å². The van der Waals surface area contributed by atoms with E-state index in [4.69, 9.17) is 0 Å². The summed E-state index contributed by atoms with van der Waals surface area (Å²) in [6.45, 7) is 1.62. The summed E-state index contributed by atoms with van der Waals surface area (Å²) in [6, 6.07) is 0. The summed E-state index contributed by atoms with van der Waals surface area (Å²) in [5.41, 5.74) is -1.02. The molecule has 0 fully saturated rings. The Morgan fingerprint density at radius 1 is 0.875 bits per heavy atom. The number of nitrogens with one attached hydrogen (secondary N) is 1. The molecule has 0 saturated heterocycles. The lowest BCUT2D eigenvalue weighted by molar-refractivity contribution is 0.381. The first-order chi connectivity index (χ1) is 7.50. The number of benzene rings is 1. The Hall–Kier alpha value is -1.59. The summed E-state index contributed by atoms with van der Waals surface area (Å²) < 4.78 is 64.0. The van der Waals surface area contributed by atoms with Crippen molar-refractivity contribution in [1.29, 1.82) is 0 Å². The van der Waals surface area contributed by atoms with Gasteiger partial charge in [-0.1, -0.05) is 12.2 Å². The fourth-order valence-corrected chi connectivity index (χ4v) is 1.04. The van der Waals surface area contributed by atoms with Crippen LogP contribution in [0.25, 0.3) is 0 Å². The van der Waals surface area contributed by atoms with Crippen molar-refractivity contribution in [2.24, 2.45) is 0 Å². The Morgan fingerprint density at radius 2 is 1.31 bits per heavy atom. The van der Waals surface area contributed by atoms with Gasteiger partial charge in [0.05, 0.1) is 0 Å². The first-order valence-electron chi connectivity index (χ1n) is 4.37. The average Bonchev–Trinajstić information content (AvgIpc) is 2.28. The molecular weight excluding hydrogens is 229 g/mol. The molecule has 0 radical (unpaired) electrons. The standard InChI is InChI=1S/C10H8F5N/c1-2-3-4-16-10-8(14)6(12)5(11)7(13)9(10)15/h2-3,16H,4H2,1H3/b3-2+. The predicted molar refractivity (Wildman–Crippen MR) is 49.5 cm³/mol. The van der Waals surface area contributed by atoms with Crippen LogP contribution in [0.1, 0.15) is 6.92 Å². The normalized spacial score (nSPS) is 11.1. The SMILES string of the molecule is C/C=C/CNc1c(F)c(F)c(F)c(F)c1F. The number of halogens is 5. The van der Waals surface area contributed by atoms with Crippen LogP contribution in [0, 0.1) is 29.1 Å². The number of rotatable bonds is 3. The minimum Gasteiger partial charge on any atom is -0.377 e. The van der Waals surface area contributed by atoms with E-state index < -0.39 is 34.8 Å². The van der Waals surface area contributed by atoms with Gasteiger partial charge in [0.25, 0.3) is 0 Å². The fourth-order valence-electron chi connectivity index (χ4n) is 1.04. The molecule has 0 bridgehead atoms. The zero-order valence-corrected chi connectivity index (χ0v) is 8.25. The topological polar surface area (TPSA) is 12.0 Å². The van der Waals surface area contributed by atoms with Crippen LogP contribution < -0.4 is 5.32 Å². The Balaban J connectivity index is 3.18. The Bertz CT molecular complexity index is 399. The number of hydrogen-bond donors (Lipinski definition) is 1.